The molecule has 1 aliphatic rings. The highest BCUT2D eigenvalue weighted by molar-refractivity contribution is 6.46. The molecule has 27 heavy (non-hydrogen) atoms. The van der Waals surface area contributed by atoms with Crippen molar-refractivity contribution in [3.05, 3.63) is 73.3 Å². The van der Waals surface area contributed by atoms with Crippen molar-refractivity contribution in [1.29, 1.82) is 0 Å². The molecule has 2 aromatic carbocycles. The predicted molar refractivity (Wildman–Crippen MR) is 109 cm³/mol. The molecule has 0 atom stereocenters. The summed E-state index contributed by atoms with van der Waals surface area (Å²) in [5, 5.41) is 8.92. The van der Waals surface area contributed by atoms with E-state index in [1.807, 2.05) is 24.3 Å². The summed E-state index contributed by atoms with van der Waals surface area (Å²) in [5.41, 5.74) is 3.97. The van der Waals surface area contributed by atoms with Crippen molar-refractivity contribution in [3.63, 3.8) is 0 Å². The van der Waals surface area contributed by atoms with Gasteiger partial charge in [0.2, 0.25) is 0 Å². The summed E-state index contributed by atoms with van der Waals surface area (Å²) in [6.07, 6.45) is 0.664. The van der Waals surface area contributed by atoms with Crippen molar-refractivity contribution in [1.82, 2.24) is 15.1 Å². The highest BCUT2D eigenvalue weighted by atomic mass is 35.5. The Morgan fingerprint density at radius 3 is 2.44 bits per heavy atom. The number of hydrogen-bond donors (Lipinski definition) is 1. The topological polar surface area (TPSA) is 49.0 Å². The van der Waals surface area contributed by atoms with Crippen LogP contribution in [-0.2, 0) is 13.0 Å². The second kappa shape index (κ2) is 7.36. The monoisotopic (exact) mass is 439 g/mol. The van der Waals surface area contributed by atoms with Crippen molar-refractivity contribution < 1.29 is 4.79 Å². The first-order chi connectivity index (χ1) is 13.0. The molecule has 0 saturated carbocycles. The predicted octanol–water partition coefficient (Wildman–Crippen LogP) is 5.89. The minimum atomic E-state index is -0.249. The molecule has 1 aliphatic heterocycles. The van der Waals surface area contributed by atoms with E-state index in [0.29, 0.717) is 29.6 Å². The lowest BCUT2D eigenvalue weighted by Crippen LogP contribution is -2.36. The van der Waals surface area contributed by atoms with Crippen LogP contribution in [0.1, 0.15) is 21.6 Å². The Morgan fingerprint density at radius 2 is 1.70 bits per heavy atom. The minimum Gasteiger partial charge on any atom is -0.334 e. The second-order valence-electron chi connectivity index (χ2n) is 6.23. The average molecular weight is 441 g/mol. The molecular weight excluding hydrogens is 428 g/mol. The third kappa shape index (κ3) is 3.43. The van der Waals surface area contributed by atoms with E-state index in [1.165, 1.54) is 0 Å². The molecule has 0 unspecified atom stereocenters. The van der Waals surface area contributed by atoms with E-state index in [-0.39, 0.29) is 21.5 Å². The van der Waals surface area contributed by atoms with E-state index in [2.05, 4.69) is 10.2 Å². The third-order valence-corrected chi connectivity index (χ3v) is 5.97. The smallest absolute Gasteiger partial charge is 0.257 e. The average Bonchev–Trinajstić information content (AvgIpc) is 3.09. The highest BCUT2D eigenvalue weighted by Crippen LogP contribution is 2.34. The van der Waals surface area contributed by atoms with Gasteiger partial charge in [-0.15, -0.1) is 0 Å². The number of fused-ring (bicyclic) bond motifs is 1. The van der Waals surface area contributed by atoms with Crippen molar-refractivity contribution >= 4 is 52.3 Å². The standard InChI is InChI=1S/C19H13Cl4N3O/c20-11-3-1-10(2-4-11)18-12-9-26(8-7-15(12)24-25-18)19(27)16-13(21)5-6-14(22)17(16)23/h1-6H,7-9H2,(H,24,25). The molecule has 4 rings (SSSR count). The molecule has 1 aromatic heterocycles. The Kier molecular flexibility index (Phi) is 5.08. The molecule has 0 spiro atoms. The summed E-state index contributed by atoms with van der Waals surface area (Å²) in [5.74, 6) is -0.249. The number of rotatable bonds is 2. The van der Waals surface area contributed by atoms with Crippen LogP contribution in [0.4, 0.5) is 0 Å². The van der Waals surface area contributed by atoms with Gasteiger partial charge in [0.25, 0.3) is 5.91 Å². The molecule has 2 heterocycles. The summed E-state index contributed by atoms with van der Waals surface area (Å²) >= 11 is 24.5. The molecule has 3 aromatic rings. The largest absolute Gasteiger partial charge is 0.334 e. The maximum Gasteiger partial charge on any atom is 0.257 e. The molecule has 4 nitrogen and oxygen atoms in total. The van der Waals surface area contributed by atoms with E-state index in [1.54, 1.807) is 17.0 Å². The zero-order chi connectivity index (χ0) is 19.1. The first kappa shape index (κ1) is 18.6. The highest BCUT2D eigenvalue weighted by Gasteiger charge is 2.29. The zero-order valence-corrected chi connectivity index (χ0v) is 16.9. The Hall–Kier alpha value is -1.72. The van der Waals surface area contributed by atoms with Gasteiger partial charge in [0.15, 0.2) is 0 Å². The van der Waals surface area contributed by atoms with Crippen LogP contribution < -0.4 is 0 Å². The Morgan fingerprint density at radius 1 is 1.00 bits per heavy atom. The number of hydrogen-bond acceptors (Lipinski definition) is 2. The van der Waals surface area contributed by atoms with E-state index >= 15 is 0 Å². The van der Waals surface area contributed by atoms with Gasteiger partial charge in [-0.2, -0.15) is 5.10 Å². The Labute approximate surface area is 176 Å². The fourth-order valence-electron chi connectivity index (χ4n) is 3.20. The number of amides is 1. The van der Waals surface area contributed by atoms with Crippen molar-refractivity contribution in [2.75, 3.05) is 6.54 Å². The first-order valence-corrected chi connectivity index (χ1v) is 9.71. The number of nitrogens with one attached hydrogen (secondary N) is 1. The molecule has 0 saturated heterocycles. The van der Waals surface area contributed by atoms with Crippen LogP contribution in [0.5, 0.6) is 0 Å². The van der Waals surface area contributed by atoms with Gasteiger partial charge >= 0.3 is 0 Å². The molecule has 138 valence electrons. The molecule has 0 radical (unpaired) electrons. The third-order valence-electron chi connectivity index (χ3n) is 4.60. The van der Waals surface area contributed by atoms with Crippen LogP contribution >= 0.6 is 46.4 Å². The van der Waals surface area contributed by atoms with Gasteiger partial charge in [0, 0.05) is 41.4 Å². The number of carbonyl (C=O) groups is 1. The van der Waals surface area contributed by atoms with Crippen LogP contribution in [0, 0.1) is 0 Å². The van der Waals surface area contributed by atoms with Crippen LogP contribution in [0.25, 0.3) is 11.3 Å². The number of halogens is 4. The fraction of sp³-hybridized carbons (Fsp3) is 0.158. The summed E-state index contributed by atoms with van der Waals surface area (Å²) in [4.78, 5) is 14.8. The van der Waals surface area contributed by atoms with E-state index in [9.17, 15) is 4.79 Å². The number of aromatic nitrogens is 2. The lowest BCUT2D eigenvalue weighted by atomic mass is 10.0. The van der Waals surface area contributed by atoms with E-state index in [4.69, 9.17) is 46.4 Å². The quantitative estimate of drug-likeness (QED) is 0.505. The van der Waals surface area contributed by atoms with Gasteiger partial charge in [-0.05, 0) is 24.3 Å². The number of nitrogens with zero attached hydrogens (tertiary/aromatic N) is 2. The van der Waals surface area contributed by atoms with Gasteiger partial charge in [-0.25, -0.2) is 0 Å². The van der Waals surface area contributed by atoms with Gasteiger partial charge in [0.05, 0.1) is 26.3 Å². The van der Waals surface area contributed by atoms with Gasteiger partial charge in [0.1, 0.15) is 0 Å². The normalized spacial score (nSPS) is 13.6. The Balaban J connectivity index is 1.68. The van der Waals surface area contributed by atoms with Crippen LogP contribution in [0.2, 0.25) is 20.1 Å². The molecule has 1 N–H and O–H groups in total. The SMILES string of the molecule is O=C(c1c(Cl)ccc(Cl)c1Cl)N1CCc2[nH]nc(-c3ccc(Cl)cc3)c2C1. The maximum atomic E-state index is 13.1. The zero-order valence-electron chi connectivity index (χ0n) is 13.9. The minimum absolute atomic E-state index is 0.171. The van der Waals surface area contributed by atoms with Crippen molar-refractivity contribution in [2.45, 2.75) is 13.0 Å². The lowest BCUT2D eigenvalue weighted by molar-refractivity contribution is 0.0735. The van der Waals surface area contributed by atoms with Gasteiger partial charge in [-0.1, -0.05) is 58.5 Å². The van der Waals surface area contributed by atoms with E-state index < -0.39 is 0 Å². The summed E-state index contributed by atoms with van der Waals surface area (Å²) in [6, 6.07) is 10.6. The number of benzene rings is 2. The first-order valence-electron chi connectivity index (χ1n) is 8.20. The molecule has 0 bridgehead atoms. The number of carbonyl (C=O) groups excluding carboxylic acids is 1. The molecule has 1 amide bonds. The molecule has 8 heteroatoms. The maximum absolute atomic E-state index is 13.1. The fourth-order valence-corrected chi connectivity index (χ4v) is 4.01. The van der Waals surface area contributed by atoms with Gasteiger partial charge < -0.3 is 4.90 Å². The molecule has 0 aliphatic carbocycles. The van der Waals surface area contributed by atoms with Gasteiger partial charge in [-0.3, -0.25) is 9.89 Å². The summed E-state index contributed by atoms with van der Waals surface area (Å²) in [7, 11) is 0. The molecular formula is C19H13Cl4N3O. The molecule has 0 fully saturated rings. The number of H-pyrrole nitrogens is 1. The van der Waals surface area contributed by atoms with Crippen molar-refractivity contribution in [2.24, 2.45) is 0 Å². The van der Waals surface area contributed by atoms with Crippen LogP contribution in [-0.4, -0.2) is 27.5 Å². The van der Waals surface area contributed by atoms with Crippen LogP contribution in [0.3, 0.4) is 0 Å². The van der Waals surface area contributed by atoms with Crippen LogP contribution in [0.15, 0.2) is 36.4 Å². The van der Waals surface area contributed by atoms with E-state index in [0.717, 1.165) is 22.5 Å². The second-order valence-corrected chi connectivity index (χ2v) is 7.86. The lowest BCUT2D eigenvalue weighted by Gasteiger charge is -2.28. The Bertz CT molecular complexity index is 1030. The summed E-state index contributed by atoms with van der Waals surface area (Å²) < 4.78 is 0. The summed E-state index contributed by atoms with van der Waals surface area (Å²) in [6.45, 7) is 0.940. The van der Waals surface area contributed by atoms with Crippen molar-refractivity contribution in [3.8, 4) is 11.3 Å². The number of aromatic amines is 1.